The van der Waals surface area contributed by atoms with Crippen LogP contribution in [0.2, 0.25) is 0 Å². The van der Waals surface area contributed by atoms with Crippen molar-refractivity contribution in [2.75, 3.05) is 20.2 Å². The molecular weight excluding hydrogens is 314 g/mol. The Balaban J connectivity index is 2.75. The molecule has 0 radical (unpaired) electrons. The van der Waals surface area contributed by atoms with Crippen molar-refractivity contribution < 1.29 is 18.3 Å². The van der Waals surface area contributed by atoms with Crippen LogP contribution in [-0.4, -0.2) is 43.5 Å². The minimum atomic E-state index is -2.47. The Morgan fingerprint density at radius 1 is 1.50 bits per heavy atom. The Morgan fingerprint density at radius 3 is 2.73 bits per heavy atom. The molecule has 0 aliphatic heterocycles. The van der Waals surface area contributed by atoms with Crippen molar-refractivity contribution in [2.45, 2.75) is 33.2 Å². The fraction of sp³-hybridized carbons (Fsp3) is 0.615. The maximum Gasteiger partial charge on any atom is 0.350 e. The van der Waals surface area contributed by atoms with Crippen molar-refractivity contribution in [3.8, 4) is 0 Å². The molecule has 1 rings (SSSR count). The summed E-state index contributed by atoms with van der Waals surface area (Å²) in [6.07, 6.45) is -2.47. The van der Waals surface area contributed by atoms with Crippen molar-refractivity contribution in [1.29, 1.82) is 0 Å². The summed E-state index contributed by atoms with van der Waals surface area (Å²) >= 11 is 1.21. The molecule has 1 atom stereocenters. The molecule has 1 unspecified atom stereocenters. The topological polar surface area (TPSA) is 75.6 Å². The van der Waals surface area contributed by atoms with Gasteiger partial charge in [0.2, 0.25) is 0 Å². The number of ether oxygens (including phenoxy) is 1. The second-order valence-corrected chi connectivity index (χ2v) is 5.43. The number of aryl methyl sites for hydroxylation is 1. The van der Waals surface area contributed by atoms with Crippen molar-refractivity contribution in [1.82, 2.24) is 15.6 Å². The number of thiazole rings is 1. The van der Waals surface area contributed by atoms with Gasteiger partial charge in [0.05, 0.1) is 24.9 Å². The summed E-state index contributed by atoms with van der Waals surface area (Å²) in [6.45, 7) is 5.07. The van der Waals surface area contributed by atoms with Gasteiger partial charge < -0.3 is 15.4 Å². The molecule has 6 nitrogen and oxygen atoms in total. The summed E-state index contributed by atoms with van der Waals surface area (Å²) < 4.78 is 29.4. The van der Waals surface area contributed by atoms with Crippen LogP contribution < -0.4 is 10.6 Å². The first-order valence-corrected chi connectivity index (χ1v) is 7.60. The molecule has 0 aromatic carbocycles. The van der Waals surface area contributed by atoms with Crippen LogP contribution in [0, 0.1) is 6.92 Å². The number of hydrogen-bond acceptors (Lipinski definition) is 5. The molecule has 0 fully saturated rings. The number of guanidine groups is 1. The van der Waals surface area contributed by atoms with Crippen molar-refractivity contribution in [3.05, 3.63) is 15.6 Å². The number of alkyl halides is 2. The fourth-order valence-corrected chi connectivity index (χ4v) is 2.59. The van der Waals surface area contributed by atoms with Crippen molar-refractivity contribution in [3.63, 3.8) is 0 Å². The first-order valence-electron chi connectivity index (χ1n) is 6.78. The molecule has 2 N–H and O–H groups in total. The third-order valence-corrected chi connectivity index (χ3v) is 3.97. The first-order chi connectivity index (χ1) is 10.4. The van der Waals surface area contributed by atoms with Gasteiger partial charge in [-0.15, -0.1) is 11.3 Å². The minimum absolute atomic E-state index is 0.248. The van der Waals surface area contributed by atoms with E-state index in [1.165, 1.54) is 18.4 Å². The average Bonchev–Trinajstić information content (AvgIpc) is 2.85. The van der Waals surface area contributed by atoms with Gasteiger partial charge in [-0.25, -0.2) is 18.6 Å². The summed E-state index contributed by atoms with van der Waals surface area (Å²) in [5.41, 5.74) is 0.586. The lowest BCUT2D eigenvalue weighted by Gasteiger charge is -2.15. The maximum atomic E-state index is 12.2. The standard InChI is InChI=1S/C13H20F2N4O2S/c1-5-21-12(20)10-7(2)18-11(22-10)8(3)19-13(16-4)17-6-9(14)15/h8-9H,5-6H2,1-4H3,(H2,16,17,19). The molecular formula is C13H20F2N4O2S. The summed E-state index contributed by atoms with van der Waals surface area (Å²) in [5, 5.41) is 6.11. The van der Waals surface area contributed by atoms with Crippen LogP contribution in [0.5, 0.6) is 0 Å². The summed E-state index contributed by atoms with van der Waals surface area (Å²) in [5.74, 6) is -0.158. The number of halogens is 2. The molecule has 22 heavy (non-hydrogen) atoms. The Morgan fingerprint density at radius 2 is 2.18 bits per heavy atom. The Hall–Kier alpha value is -1.77. The summed E-state index contributed by atoms with van der Waals surface area (Å²) in [7, 11) is 1.49. The Bertz CT molecular complexity index is 534. The number of nitrogens with one attached hydrogen (secondary N) is 2. The molecule has 1 aromatic rings. The number of aliphatic imine (C=N–C) groups is 1. The number of esters is 1. The molecule has 9 heteroatoms. The predicted octanol–water partition coefficient (Wildman–Crippen LogP) is 2.12. The van der Waals surface area contributed by atoms with Crippen molar-refractivity contribution in [2.24, 2.45) is 4.99 Å². The molecule has 0 saturated carbocycles. The van der Waals surface area contributed by atoms with Gasteiger partial charge >= 0.3 is 5.97 Å². The van der Waals surface area contributed by atoms with E-state index in [1.54, 1.807) is 13.8 Å². The molecule has 1 heterocycles. The molecule has 0 aliphatic carbocycles. The molecule has 0 spiro atoms. The second kappa shape index (κ2) is 8.62. The van der Waals surface area contributed by atoms with E-state index in [0.717, 1.165) is 0 Å². The van der Waals surface area contributed by atoms with Gasteiger partial charge in [-0.1, -0.05) is 0 Å². The van der Waals surface area contributed by atoms with Gasteiger partial charge in [0, 0.05) is 7.05 Å². The highest BCUT2D eigenvalue weighted by molar-refractivity contribution is 7.13. The minimum Gasteiger partial charge on any atom is -0.462 e. The molecule has 124 valence electrons. The van der Waals surface area contributed by atoms with E-state index in [0.29, 0.717) is 22.2 Å². The van der Waals surface area contributed by atoms with Crippen LogP contribution in [0.25, 0.3) is 0 Å². The Labute approximate surface area is 132 Å². The zero-order valence-electron chi connectivity index (χ0n) is 12.9. The molecule has 0 aliphatic rings. The van der Waals surface area contributed by atoms with Crippen LogP contribution >= 0.6 is 11.3 Å². The molecule has 0 bridgehead atoms. The maximum absolute atomic E-state index is 12.2. The quantitative estimate of drug-likeness (QED) is 0.473. The molecule has 1 aromatic heterocycles. The average molecular weight is 334 g/mol. The SMILES string of the molecule is CCOC(=O)c1sc(C(C)NC(=NC)NCC(F)F)nc1C. The van der Waals surface area contributed by atoms with Crippen LogP contribution in [0.3, 0.4) is 0 Å². The van der Waals surface area contributed by atoms with Crippen LogP contribution in [0.15, 0.2) is 4.99 Å². The summed E-state index contributed by atoms with van der Waals surface area (Å²) in [6, 6.07) is -0.282. The Kier molecular flexibility index (Phi) is 7.16. The van der Waals surface area contributed by atoms with Crippen LogP contribution in [0.1, 0.15) is 40.3 Å². The predicted molar refractivity (Wildman–Crippen MR) is 81.7 cm³/mol. The van der Waals surface area contributed by atoms with Gasteiger partial charge in [-0.05, 0) is 20.8 Å². The molecule has 0 amide bonds. The fourth-order valence-electron chi connectivity index (χ4n) is 1.62. The highest BCUT2D eigenvalue weighted by Crippen LogP contribution is 2.24. The number of carbonyl (C=O) groups excluding carboxylic acids is 1. The van der Waals surface area contributed by atoms with Gasteiger partial charge in [-0.2, -0.15) is 0 Å². The first kappa shape index (κ1) is 18.3. The largest absolute Gasteiger partial charge is 0.462 e. The number of carbonyl (C=O) groups is 1. The third kappa shape index (κ3) is 5.21. The third-order valence-electron chi connectivity index (χ3n) is 2.65. The van der Waals surface area contributed by atoms with Gasteiger partial charge in [0.25, 0.3) is 6.43 Å². The van der Waals surface area contributed by atoms with Crippen LogP contribution in [0.4, 0.5) is 8.78 Å². The second-order valence-electron chi connectivity index (χ2n) is 4.40. The lowest BCUT2D eigenvalue weighted by molar-refractivity contribution is 0.0531. The number of hydrogen-bond donors (Lipinski definition) is 2. The highest BCUT2D eigenvalue weighted by atomic mass is 32.1. The van der Waals surface area contributed by atoms with Gasteiger partial charge in [0.1, 0.15) is 9.88 Å². The van der Waals surface area contributed by atoms with Crippen molar-refractivity contribution >= 4 is 23.3 Å². The summed E-state index contributed by atoms with van der Waals surface area (Å²) in [4.78, 5) is 20.4. The highest BCUT2D eigenvalue weighted by Gasteiger charge is 2.20. The zero-order chi connectivity index (χ0) is 16.7. The van der Waals surface area contributed by atoms with E-state index in [9.17, 15) is 13.6 Å². The number of rotatable bonds is 6. The lowest BCUT2D eigenvalue weighted by atomic mass is 10.3. The van der Waals surface area contributed by atoms with Gasteiger partial charge in [0.15, 0.2) is 5.96 Å². The van der Waals surface area contributed by atoms with E-state index in [4.69, 9.17) is 4.74 Å². The molecule has 0 saturated heterocycles. The smallest absolute Gasteiger partial charge is 0.350 e. The number of nitrogens with zero attached hydrogens (tertiary/aromatic N) is 2. The zero-order valence-corrected chi connectivity index (χ0v) is 13.8. The van der Waals surface area contributed by atoms with E-state index in [1.807, 2.05) is 6.92 Å². The van der Waals surface area contributed by atoms with E-state index in [2.05, 4.69) is 20.6 Å². The van der Waals surface area contributed by atoms with E-state index >= 15 is 0 Å². The van der Waals surface area contributed by atoms with E-state index in [-0.39, 0.29) is 12.0 Å². The van der Waals surface area contributed by atoms with Gasteiger partial charge in [-0.3, -0.25) is 4.99 Å². The lowest BCUT2D eigenvalue weighted by Crippen LogP contribution is -2.40. The normalized spacial score (nSPS) is 13.1. The number of aromatic nitrogens is 1. The van der Waals surface area contributed by atoms with E-state index < -0.39 is 18.9 Å². The monoisotopic (exact) mass is 334 g/mol. The van der Waals surface area contributed by atoms with Crippen LogP contribution in [-0.2, 0) is 4.74 Å².